The van der Waals surface area contributed by atoms with E-state index in [-0.39, 0.29) is 18.5 Å². The van der Waals surface area contributed by atoms with Gasteiger partial charge in [0.15, 0.2) is 0 Å². The van der Waals surface area contributed by atoms with Gasteiger partial charge in [-0.3, -0.25) is 4.72 Å². The molecule has 4 nitrogen and oxygen atoms in total. The van der Waals surface area contributed by atoms with Crippen molar-refractivity contribution in [3.05, 3.63) is 28.2 Å². The number of nitrogens with one attached hydrogen (secondary N) is 1. The predicted octanol–water partition coefficient (Wildman–Crippen LogP) is 2.92. The highest BCUT2D eigenvalue weighted by molar-refractivity contribution is 9.10. The zero-order valence-electron chi connectivity index (χ0n) is 10.7. The second-order valence-electron chi connectivity index (χ2n) is 4.36. The summed E-state index contributed by atoms with van der Waals surface area (Å²) in [5, 5.41) is 0. The van der Waals surface area contributed by atoms with Gasteiger partial charge in [0.1, 0.15) is 0 Å². The summed E-state index contributed by atoms with van der Waals surface area (Å²) >= 11 is 3.33. The summed E-state index contributed by atoms with van der Waals surface area (Å²) in [4.78, 5) is 0. The highest BCUT2D eigenvalue weighted by Crippen LogP contribution is 2.20. The smallest absolute Gasteiger partial charge is 0.235 e. The second kappa shape index (κ2) is 6.54. The van der Waals surface area contributed by atoms with E-state index in [1.54, 1.807) is 12.1 Å². The molecule has 102 valence electrons. The zero-order chi connectivity index (χ0) is 13.8. The van der Waals surface area contributed by atoms with E-state index in [9.17, 15) is 8.42 Å². The van der Waals surface area contributed by atoms with Crippen molar-refractivity contribution < 1.29 is 13.2 Å². The first kappa shape index (κ1) is 15.5. The van der Waals surface area contributed by atoms with Gasteiger partial charge in [-0.15, -0.1) is 0 Å². The van der Waals surface area contributed by atoms with E-state index >= 15 is 0 Å². The fraction of sp³-hybridized carbons (Fsp3) is 0.500. The van der Waals surface area contributed by atoms with Gasteiger partial charge in [-0.2, -0.15) is 0 Å². The molecular formula is C12H18BrNO3S. The van der Waals surface area contributed by atoms with E-state index in [4.69, 9.17) is 4.74 Å². The maximum Gasteiger partial charge on any atom is 0.235 e. The fourth-order valence-electron chi connectivity index (χ4n) is 1.42. The quantitative estimate of drug-likeness (QED) is 0.869. The van der Waals surface area contributed by atoms with Crippen molar-refractivity contribution in [1.82, 2.24) is 0 Å². The molecule has 0 bridgehead atoms. The molecule has 0 spiro atoms. The van der Waals surface area contributed by atoms with E-state index in [2.05, 4.69) is 20.7 Å². The Hall–Kier alpha value is -0.590. The third kappa shape index (κ3) is 5.84. The van der Waals surface area contributed by atoms with E-state index in [1.165, 1.54) is 0 Å². The molecule has 0 saturated heterocycles. The summed E-state index contributed by atoms with van der Waals surface area (Å²) in [6.07, 6.45) is 0.0355. The number of sulfonamides is 1. The van der Waals surface area contributed by atoms with Crippen LogP contribution in [0.5, 0.6) is 0 Å². The van der Waals surface area contributed by atoms with E-state index in [0.717, 1.165) is 10.0 Å². The van der Waals surface area contributed by atoms with Crippen molar-refractivity contribution in [2.24, 2.45) is 0 Å². The molecule has 0 radical (unpaired) electrons. The molecule has 0 aliphatic rings. The van der Waals surface area contributed by atoms with Crippen LogP contribution in [0.25, 0.3) is 0 Å². The Balaban J connectivity index is 2.64. The molecule has 0 atom stereocenters. The Morgan fingerprint density at radius 3 is 2.56 bits per heavy atom. The number of benzene rings is 1. The number of halogens is 1. The molecule has 0 fully saturated rings. The summed E-state index contributed by atoms with van der Waals surface area (Å²) in [6.45, 7) is 5.85. The molecule has 1 N–H and O–H groups in total. The zero-order valence-corrected chi connectivity index (χ0v) is 13.1. The first-order valence-electron chi connectivity index (χ1n) is 5.68. The first-order valence-corrected chi connectivity index (χ1v) is 8.12. The second-order valence-corrected chi connectivity index (χ2v) is 7.12. The van der Waals surface area contributed by atoms with Crippen molar-refractivity contribution >= 4 is 31.6 Å². The number of anilines is 1. The molecule has 0 unspecified atom stereocenters. The van der Waals surface area contributed by atoms with Gasteiger partial charge in [0, 0.05) is 10.2 Å². The van der Waals surface area contributed by atoms with Crippen LogP contribution in [0.2, 0.25) is 0 Å². The van der Waals surface area contributed by atoms with Crippen molar-refractivity contribution in [2.75, 3.05) is 17.1 Å². The predicted molar refractivity (Wildman–Crippen MR) is 77.4 cm³/mol. The summed E-state index contributed by atoms with van der Waals surface area (Å²) < 4.78 is 32.2. The lowest BCUT2D eigenvalue weighted by atomic mass is 10.2. The Kier molecular flexibility index (Phi) is 5.62. The molecule has 0 saturated carbocycles. The normalized spacial score (nSPS) is 11.8. The third-order valence-electron chi connectivity index (χ3n) is 2.12. The first-order chi connectivity index (χ1) is 8.28. The molecular weight excluding hydrogens is 318 g/mol. The topological polar surface area (TPSA) is 55.4 Å². The number of aryl methyl sites for hydroxylation is 1. The number of hydrogen-bond donors (Lipinski definition) is 1. The largest absolute Gasteiger partial charge is 0.378 e. The minimum atomic E-state index is -3.36. The van der Waals surface area contributed by atoms with Gasteiger partial charge in [-0.05, 0) is 44.5 Å². The molecule has 1 rings (SSSR count). The van der Waals surface area contributed by atoms with Gasteiger partial charge < -0.3 is 4.74 Å². The van der Waals surface area contributed by atoms with Crippen LogP contribution in [-0.2, 0) is 14.8 Å². The molecule has 0 amide bonds. The van der Waals surface area contributed by atoms with Gasteiger partial charge in [0.05, 0.1) is 18.5 Å². The Bertz CT molecular complexity index is 480. The van der Waals surface area contributed by atoms with E-state index in [0.29, 0.717) is 5.69 Å². The molecule has 0 heterocycles. The van der Waals surface area contributed by atoms with Crippen LogP contribution in [0.1, 0.15) is 19.4 Å². The number of hydrogen-bond acceptors (Lipinski definition) is 3. The number of rotatable bonds is 6. The van der Waals surface area contributed by atoms with Crippen molar-refractivity contribution in [3.63, 3.8) is 0 Å². The average molecular weight is 336 g/mol. The average Bonchev–Trinajstić information content (AvgIpc) is 2.12. The van der Waals surface area contributed by atoms with Gasteiger partial charge in [-0.1, -0.05) is 15.9 Å². The lowest BCUT2D eigenvalue weighted by molar-refractivity contribution is 0.0913. The SMILES string of the molecule is Cc1cc(Br)cc(NS(=O)(=O)CCOC(C)C)c1. The van der Waals surface area contributed by atoms with E-state index < -0.39 is 10.0 Å². The van der Waals surface area contributed by atoms with Crippen LogP contribution in [0, 0.1) is 6.92 Å². The highest BCUT2D eigenvalue weighted by Gasteiger charge is 2.11. The van der Waals surface area contributed by atoms with Crippen molar-refractivity contribution in [3.8, 4) is 0 Å². The molecule has 1 aromatic rings. The minimum Gasteiger partial charge on any atom is -0.378 e. The van der Waals surface area contributed by atoms with Gasteiger partial charge >= 0.3 is 0 Å². The summed E-state index contributed by atoms with van der Waals surface area (Å²) in [6, 6.07) is 5.43. The molecule has 1 aromatic carbocycles. The van der Waals surface area contributed by atoms with Crippen LogP contribution in [-0.4, -0.2) is 26.9 Å². The van der Waals surface area contributed by atoms with Crippen LogP contribution in [0.15, 0.2) is 22.7 Å². The van der Waals surface area contributed by atoms with Crippen molar-refractivity contribution in [2.45, 2.75) is 26.9 Å². The monoisotopic (exact) mass is 335 g/mol. The summed E-state index contributed by atoms with van der Waals surface area (Å²) in [7, 11) is -3.36. The summed E-state index contributed by atoms with van der Waals surface area (Å²) in [5.74, 6) is -0.0449. The molecule has 0 aromatic heterocycles. The molecule has 0 aliphatic carbocycles. The Morgan fingerprint density at radius 1 is 1.33 bits per heavy atom. The maximum absolute atomic E-state index is 11.8. The van der Waals surface area contributed by atoms with Crippen LogP contribution < -0.4 is 4.72 Å². The summed E-state index contributed by atoms with van der Waals surface area (Å²) in [5.41, 5.74) is 1.55. The highest BCUT2D eigenvalue weighted by atomic mass is 79.9. The molecule has 0 aliphatic heterocycles. The maximum atomic E-state index is 11.8. The Morgan fingerprint density at radius 2 is 2.00 bits per heavy atom. The van der Waals surface area contributed by atoms with Gasteiger partial charge in [0.25, 0.3) is 0 Å². The number of ether oxygens (including phenoxy) is 1. The van der Waals surface area contributed by atoms with E-state index in [1.807, 2.05) is 26.8 Å². The fourth-order valence-corrected chi connectivity index (χ4v) is 2.92. The van der Waals surface area contributed by atoms with Crippen molar-refractivity contribution in [1.29, 1.82) is 0 Å². The van der Waals surface area contributed by atoms with Crippen LogP contribution in [0.4, 0.5) is 5.69 Å². The van der Waals surface area contributed by atoms with Gasteiger partial charge in [0.2, 0.25) is 10.0 Å². The minimum absolute atomic E-state index is 0.0355. The third-order valence-corrected chi connectivity index (χ3v) is 3.83. The van der Waals surface area contributed by atoms with Gasteiger partial charge in [-0.25, -0.2) is 8.42 Å². The van der Waals surface area contributed by atoms with Crippen LogP contribution >= 0.6 is 15.9 Å². The molecule has 18 heavy (non-hydrogen) atoms. The van der Waals surface area contributed by atoms with Crippen LogP contribution in [0.3, 0.4) is 0 Å². The standard InChI is InChI=1S/C12H18BrNO3S/c1-9(2)17-4-5-18(15,16)14-12-7-10(3)6-11(13)8-12/h6-9,14H,4-5H2,1-3H3. The lowest BCUT2D eigenvalue weighted by Gasteiger charge is -2.11. The Labute approximate surface area is 117 Å². The lowest BCUT2D eigenvalue weighted by Crippen LogP contribution is -2.21. The molecule has 6 heteroatoms.